The van der Waals surface area contributed by atoms with Gasteiger partial charge in [-0.25, -0.2) is 9.37 Å². The summed E-state index contributed by atoms with van der Waals surface area (Å²) in [6.45, 7) is 6.26. The lowest BCUT2D eigenvalue weighted by molar-refractivity contribution is -0.143. The van der Waals surface area contributed by atoms with Crippen molar-refractivity contribution in [3.63, 3.8) is 0 Å². The summed E-state index contributed by atoms with van der Waals surface area (Å²) in [5.74, 6) is -0.657. The molecule has 1 fully saturated rings. The summed E-state index contributed by atoms with van der Waals surface area (Å²) in [6.07, 6.45) is 6.90. The number of hydrogen-bond donors (Lipinski definition) is 2. The van der Waals surface area contributed by atoms with E-state index < -0.39 is 23.4 Å². The zero-order chi connectivity index (χ0) is 28.0. The van der Waals surface area contributed by atoms with Crippen molar-refractivity contribution in [2.75, 3.05) is 45.8 Å². The number of fused-ring (bicyclic) bond motifs is 1. The average molecular weight is 544 g/mol. The number of benzene rings is 1. The first-order valence-corrected chi connectivity index (χ1v) is 14.0. The molecule has 214 valence electrons. The highest BCUT2D eigenvalue weighted by Gasteiger charge is 2.37. The number of unbranched alkanes of at least 4 members (excludes halogenated alkanes) is 2. The third-order valence-corrected chi connectivity index (χ3v) is 7.93. The van der Waals surface area contributed by atoms with E-state index in [0.29, 0.717) is 25.3 Å². The Kier molecular flexibility index (Phi) is 9.80. The largest absolute Gasteiger partial charge is 0.493 e. The zero-order valence-electron chi connectivity index (χ0n) is 23.6. The Balaban J connectivity index is 1.29. The van der Waals surface area contributed by atoms with Gasteiger partial charge in [0.25, 0.3) is 0 Å². The van der Waals surface area contributed by atoms with Crippen molar-refractivity contribution in [1.29, 1.82) is 0 Å². The molecule has 3 heterocycles. The van der Waals surface area contributed by atoms with Crippen LogP contribution in [0.1, 0.15) is 74.4 Å². The maximum absolute atomic E-state index is 15.0. The summed E-state index contributed by atoms with van der Waals surface area (Å²) < 4.78 is 31.9. The van der Waals surface area contributed by atoms with Gasteiger partial charge >= 0.3 is 5.97 Å². The van der Waals surface area contributed by atoms with E-state index in [1.807, 2.05) is 18.7 Å². The van der Waals surface area contributed by atoms with Crippen LogP contribution in [0.3, 0.4) is 0 Å². The maximum atomic E-state index is 15.0. The Bertz CT molecular complexity index is 1140. The summed E-state index contributed by atoms with van der Waals surface area (Å²) in [6, 6.07) is 6.32. The van der Waals surface area contributed by atoms with Gasteiger partial charge in [0.05, 0.1) is 18.8 Å². The number of nitrogens with one attached hydrogen (secondary N) is 1. The zero-order valence-corrected chi connectivity index (χ0v) is 23.6. The predicted molar refractivity (Wildman–Crippen MR) is 148 cm³/mol. The van der Waals surface area contributed by atoms with Crippen molar-refractivity contribution < 1.29 is 28.5 Å². The summed E-state index contributed by atoms with van der Waals surface area (Å²) in [5.41, 5.74) is 2.49. The molecular formula is C30H42FN3O5. The van der Waals surface area contributed by atoms with Crippen molar-refractivity contribution in [2.24, 2.45) is 0 Å². The van der Waals surface area contributed by atoms with E-state index in [-0.39, 0.29) is 17.4 Å². The Morgan fingerprint density at radius 2 is 2.08 bits per heavy atom. The number of carboxylic acid groups (broad SMARTS) is 1. The first kappa shape index (κ1) is 29.2. The van der Waals surface area contributed by atoms with Gasteiger partial charge in [-0.3, -0.25) is 9.69 Å². The molecule has 0 saturated carbocycles. The summed E-state index contributed by atoms with van der Waals surface area (Å²) >= 11 is 0. The SMILES string of the molecule is COc1c(F)cc(C(C)(C)OC)cc1C(C(=O)O)N1CC[C@@H](OCCCCCc2ccc3c(n2)NCCC3)C1. The number of halogens is 1. The molecule has 2 aliphatic rings. The summed E-state index contributed by atoms with van der Waals surface area (Å²) in [7, 11) is 2.90. The van der Waals surface area contributed by atoms with Gasteiger partial charge in [0.15, 0.2) is 11.6 Å². The molecule has 2 aromatic rings. The normalized spacial score (nSPS) is 18.4. The van der Waals surface area contributed by atoms with E-state index in [2.05, 4.69) is 17.4 Å². The number of carbonyl (C=O) groups is 1. The van der Waals surface area contributed by atoms with Crippen molar-refractivity contribution in [1.82, 2.24) is 9.88 Å². The molecule has 0 bridgehead atoms. The van der Waals surface area contributed by atoms with Crippen molar-refractivity contribution in [3.05, 3.63) is 52.5 Å². The van der Waals surface area contributed by atoms with Gasteiger partial charge in [-0.1, -0.05) is 12.5 Å². The minimum atomic E-state index is -1.05. The molecule has 4 rings (SSSR count). The molecule has 1 saturated heterocycles. The smallest absolute Gasteiger partial charge is 0.325 e. The minimum Gasteiger partial charge on any atom is -0.493 e. The lowest BCUT2D eigenvalue weighted by atomic mass is 9.92. The topological polar surface area (TPSA) is 93.2 Å². The molecule has 1 aromatic heterocycles. The van der Waals surface area contributed by atoms with Crippen LogP contribution < -0.4 is 10.1 Å². The van der Waals surface area contributed by atoms with Gasteiger partial charge in [-0.2, -0.15) is 0 Å². The quantitative estimate of drug-likeness (QED) is 0.337. The Morgan fingerprint density at radius 3 is 2.82 bits per heavy atom. The first-order chi connectivity index (χ1) is 18.7. The summed E-state index contributed by atoms with van der Waals surface area (Å²) in [4.78, 5) is 19.0. The number of hydrogen-bond acceptors (Lipinski definition) is 7. The highest BCUT2D eigenvalue weighted by atomic mass is 19.1. The number of pyridine rings is 1. The lowest BCUT2D eigenvalue weighted by Gasteiger charge is -2.29. The second-order valence-electron chi connectivity index (χ2n) is 11.0. The predicted octanol–water partition coefficient (Wildman–Crippen LogP) is 5.10. The second kappa shape index (κ2) is 13.1. The Hall–Kier alpha value is -2.75. The maximum Gasteiger partial charge on any atom is 0.325 e. The highest BCUT2D eigenvalue weighted by Crippen LogP contribution is 2.38. The number of aliphatic carboxylic acids is 1. The molecule has 0 radical (unpaired) electrons. The molecule has 39 heavy (non-hydrogen) atoms. The van der Waals surface area contributed by atoms with E-state index in [9.17, 15) is 14.3 Å². The number of nitrogens with zero attached hydrogens (tertiary/aromatic N) is 2. The minimum absolute atomic E-state index is 0.0494. The molecule has 2 atom stereocenters. The standard InChI is InChI=1S/C30H42FN3O5/c1-30(2,38-4)21-17-24(27(37-3)25(31)18-21)26(29(35)36)34-15-13-23(19-34)39-16-7-5-6-10-22-12-11-20-9-8-14-32-28(20)33-22/h11-12,17-18,23,26H,5-10,13-16,19H2,1-4H3,(H,32,33)(H,35,36)/t23-,26?/m1/s1. The van der Waals surface area contributed by atoms with Crippen molar-refractivity contribution in [2.45, 2.75) is 76.5 Å². The molecule has 2 N–H and O–H groups in total. The molecule has 1 unspecified atom stereocenters. The van der Waals surface area contributed by atoms with Crippen LogP contribution in [0, 0.1) is 5.82 Å². The molecule has 0 amide bonds. The number of aromatic nitrogens is 1. The van der Waals surface area contributed by atoms with E-state index in [0.717, 1.165) is 63.0 Å². The fourth-order valence-corrected chi connectivity index (χ4v) is 5.45. The fourth-order valence-electron chi connectivity index (χ4n) is 5.45. The van der Waals surface area contributed by atoms with Gasteiger partial charge in [0.2, 0.25) is 0 Å². The van der Waals surface area contributed by atoms with Crippen LogP contribution in [0.4, 0.5) is 10.2 Å². The number of rotatable bonds is 13. The van der Waals surface area contributed by atoms with Crippen LogP contribution >= 0.6 is 0 Å². The number of methoxy groups -OCH3 is 2. The van der Waals surface area contributed by atoms with Gasteiger partial charge in [-0.05, 0) is 81.7 Å². The van der Waals surface area contributed by atoms with Crippen LogP contribution in [-0.2, 0) is 32.7 Å². The van der Waals surface area contributed by atoms with Gasteiger partial charge in [0.1, 0.15) is 11.9 Å². The van der Waals surface area contributed by atoms with Crippen LogP contribution in [-0.4, -0.2) is 67.5 Å². The molecule has 8 nitrogen and oxygen atoms in total. The number of aryl methyl sites for hydroxylation is 2. The van der Waals surface area contributed by atoms with E-state index >= 15 is 0 Å². The molecule has 0 spiro atoms. The van der Waals surface area contributed by atoms with Gasteiger partial charge in [0, 0.05) is 44.6 Å². The Labute approximate surface area is 230 Å². The van der Waals surface area contributed by atoms with Crippen molar-refractivity contribution >= 4 is 11.8 Å². The highest BCUT2D eigenvalue weighted by molar-refractivity contribution is 5.77. The summed E-state index contributed by atoms with van der Waals surface area (Å²) in [5, 5.41) is 13.6. The van der Waals surface area contributed by atoms with Crippen LogP contribution in [0.5, 0.6) is 5.75 Å². The van der Waals surface area contributed by atoms with Crippen LogP contribution in [0.2, 0.25) is 0 Å². The number of ether oxygens (including phenoxy) is 3. The average Bonchev–Trinajstić information content (AvgIpc) is 3.38. The number of likely N-dealkylation sites (tertiary alicyclic amines) is 1. The monoisotopic (exact) mass is 543 g/mol. The molecule has 1 aromatic carbocycles. The van der Waals surface area contributed by atoms with E-state index in [1.54, 1.807) is 13.2 Å². The third kappa shape index (κ3) is 7.07. The van der Waals surface area contributed by atoms with Crippen LogP contribution in [0.15, 0.2) is 24.3 Å². The van der Waals surface area contributed by atoms with Crippen molar-refractivity contribution in [3.8, 4) is 5.75 Å². The second-order valence-corrected chi connectivity index (χ2v) is 11.0. The number of anilines is 1. The first-order valence-electron chi connectivity index (χ1n) is 14.0. The van der Waals surface area contributed by atoms with E-state index in [1.165, 1.54) is 18.7 Å². The molecule has 9 heteroatoms. The fraction of sp³-hybridized carbons (Fsp3) is 0.600. The molecule has 0 aliphatic carbocycles. The van der Waals surface area contributed by atoms with E-state index in [4.69, 9.17) is 19.2 Å². The molecule has 2 aliphatic heterocycles. The third-order valence-electron chi connectivity index (χ3n) is 7.93. The van der Waals surface area contributed by atoms with Gasteiger partial charge in [-0.15, -0.1) is 0 Å². The Morgan fingerprint density at radius 1 is 1.26 bits per heavy atom. The van der Waals surface area contributed by atoms with Crippen LogP contribution in [0.25, 0.3) is 0 Å². The lowest BCUT2D eigenvalue weighted by Crippen LogP contribution is -2.34. The molecular weight excluding hydrogens is 501 g/mol. The van der Waals surface area contributed by atoms with Gasteiger partial charge < -0.3 is 24.6 Å². The number of carboxylic acids is 1.